The summed E-state index contributed by atoms with van der Waals surface area (Å²) in [6.07, 6.45) is -4.68. The van der Waals surface area contributed by atoms with Crippen LogP contribution in [0, 0.1) is 19.7 Å². The molecule has 8 heteroatoms. The van der Waals surface area contributed by atoms with Crippen LogP contribution in [0.1, 0.15) is 27.2 Å². The molecule has 4 aromatic rings. The Kier molecular flexibility index (Phi) is 5.91. The summed E-state index contributed by atoms with van der Waals surface area (Å²) in [4.78, 5) is 19.4. The van der Waals surface area contributed by atoms with E-state index in [-0.39, 0.29) is 11.5 Å². The predicted molar refractivity (Wildman–Crippen MR) is 120 cm³/mol. The quantitative estimate of drug-likeness (QED) is 0.331. The van der Waals surface area contributed by atoms with Gasteiger partial charge >= 0.3 is 12.1 Å². The monoisotopic (exact) mass is 466 g/mol. The number of hydrogen-bond acceptors (Lipinski definition) is 3. The van der Waals surface area contributed by atoms with Gasteiger partial charge in [-0.25, -0.2) is 19.2 Å². The molecule has 0 saturated heterocycles. The van der Waals surface area contributed by atoms with E-state index in [2.05, 4.69) is 9.97 Å². The molecule has 0 aliphatic heterocycles. The smallest absolute Gasteiger partial charge is 0.433 e. The lowest BCUT2D eigenvalue weighted by Crippen LogP contribution is -2.10. The van der Waals surface area contributed by atoms with Gasteiger partial charge in [-0.2, -0.15) is 13.2 Å². The van der Waals surface area contributed by atoms with E-state index in [0.717, 1.165) is 23.3 Å². The van der Waals surface area contributed by atoms with Gasteiger partial charge in [0.25, 0.3) is 0 Å². The van der Waals surface area contributed by atoms with Gasteiger partial charge in [-0.1, -0.05) is 41.5 Å². The van der Waals surface area contributed by atoms with Crippen LogP contribution in [0.4, 0.5) is 17.6 Å². The van der Waals surface area contributed by atoms with Gasteiger partial charge in [0.15, 0.2) is 5.82 Å². The predicted octanol–water partition coefficient (Wildman–Crippen LogP) is 6.95. The first kappa shape index (κ1) is 23.1. The number of aromatic nitrogens is 2. The molecule has 0 saturated carbocycles. The number of benzene rings is 3. The largest absolute Gasteiger partial charge is 0.478 e. The fourth-order valence-electron chi connectivity index (χ4n) is 3.70. The van der Waals surface area contributed by atoms with E-state index in [1.807, 2.05) is 19.9 Å². The molecule has 4 rings (SSSR count). The van der Waals surface area contributed by atoms with Gasteiger partial charge in [-0.15, -0.1) is 0 Å². The third-order valence-electron chi connectivity index (χ3n) is 5.18. The highest BCUT2D eigenvalue weighted by Gasteiger charge is 2.34. The summed E-state index contributed by atoms with van der Waals surface area (Å²) in [5, 5.41) is 9.19. The van der Waals surface area contributed by atoms with Gasteiger partial charge < -0.3 is 5.11 Å². The minimum absolute atomic E-state index is 0.129. The SMILES string of the molecule is Cc1cc(C)cc(-c2cc(C(F)(F)F)nc(-c3cccc(-c4ccc(F)c(C(=O)O)c4)c3)n2)c1. The molecule has 0 bridgehead atoms. The summed E-state index contributed by atoms with van der Waals surface area (Å²) in [6, 6.07) is 16.3. The second-order valence-corrected chi connectivity index (χ2v) is 7.92. The summed E-state index contributed by atoms with van der Waals surface area (Å²) in [5.41, 5.74) is 2.03. The highest BCUT2D eigenvalue weighted by atomic mass is 19.4. The Balaban J connectivity index is 1.86. The highest BCUT2D eigenvalue weighted by molar-refractivity contribution is 5.90. The van der Waals surface area contributed by atoms with E-state index in [0.29, 0.717) is 22.3 Å². The number of carbonyl (C=O) groups is 1. The van der Waals surface area contributed by atoms with Gasteiger partial charge in [0.1, 0.15) is 11.5 Å². The number of nitrogens with zero attached hydrogens (tertiary/aromatic N) is 2. The van der Waals surface area contributed by atoms with Crippen LogP contribution in [-0.2, 0) is 6.18 Å². The summed E-state index contributed by atoms with van der Waals surface area (Å²) in [5.74, 6) is -2.44. The number of carboxylic acids is 1. The number of aromatic carboxylic acids is 1. The van der Waals surface area contributed by atoms with Crippen LogP contribution >= 0.6 is 0 Å². The van der Waals surface area contributed by atoms with E-state index in [1.54, 1.807) is 36.4 Å². The highest BCUT2D eigenvalue weighted by Crippen LogP contribution is 2.34. The minimum atomic E-state index is -4.68. The molecular formula is C26H18F4N2O2. The summed E-state index contributed by atoms with van der Waals surface area (Å²) in [6.45, 7) is 3.70. The maximum absolute atomic E-state index is 13.8. The molecule has 1 N–H and O–H groups in total. The zero-order chi connectivity index (χ0) is 24.6. The second-order valence-electron chi connectivity index (χ2n) is 7.92. The molecule has 0 fully saturated rings. The normalized spacial score (nSPS) is 11.5. The fraction of sp³-hybridized carbons (Fsp3) is 0.115. The first-order valence-electron chi connectivity index (χ1n) is 10.2. The third kappa shape index (κ3) is 4.80. The Hall–Kier alpha value is -4.07. The standard InChI is InChI=1S/C26H18F4N2O2/c1-14-8-15(2)10-19(9-14)22-13-23(26(28,29)30)32-24(31-22)18-5-3-4-16(11-18)17-6-7-21(27)20(12-17)25(33)34/h3-13H,1-2H3,(H,33,34). The molecule has 4 nitrogen and oxygen atoms in total. The van der Waals surface area contributed by atoms with Crippen molar-refractivity contribution in [3.8, 4) is 33.8 Å². The van der Waals surface area contributed by atoms with Crippen molar-refractivity contribution < 1.29 is 27.5 Å². The summed E-state index contributed by atoms with van der Waals surface area (Å²) >= 11 is 0. The van der Waals surface area contributed by atoms with Gasteiger partial charge in [-0.05, 0) is 61.4 Å². The minimum Gasteiger partial charge on any atom is -0.478 e. The Morgan fingerprint density at radius 3 is 2.09 bits per heavy atom. The Labute approximate surface area is 192 Å². The average molecular weight is 466 g/mol. The molecule has 0 spiro atoms. The van der Waals surface area contributed by atoms with Crippen molar-refractivity contribution in [2.75, 3.05) is 0 Å². The molecule has 0 unspecified atom stereocenters. The molecule has 0 aliphatic rings. The van der Waals surface area contributed by atoms with Gasteiger partial charge in [0.05, 0.1) is 11.3 Å². The first-order valence-corrected chi connectivity index (χ1v) is 10.2. The van der Waals surface area contributed by atoms with Crippen LogP contribution in [0.5, 0.6) is 0 Å². The van der Waals surface area contributed by atoms with Crippen molar-refractivity contribution in [2.45, 2.75) is 20.0 Å². The van der Waals surface area contributed by atoms with Gasteiger partial charge in [0.2, 0.25) is 0 Å². The summed E-state index contributed by atoms with van der Waals surface area (Å²) in [7, 11) is 0. The molecule has 0 amide bonds. The zero-order valence-electron chi connectivity index (χ0n) is 18.1. The molecule has 1 heterocycles. The number of alkyl halides is 3. The molecule has 3 aromatic carbocycles. The zero-order valence-corrected chi connectivity index (χ0v) is 18.1. The summed E-state index contributed by atoms with van der Waals surface area (Å²) < 4.78 is 54.8. The maximum atomic E-state index is 13.8. The third-order valence-corrected chi connectivity index (χ3v) is 5.18. The van der Waals surface area contributed by atoms with Crippen LogP contribution < -0.4 is 0 Å². The lowest BCUT2D eigenvalue weighted by atomic mass is 10.00. The van der Waals surface area contributed by atoms with Gasteiger partial charge in [0, 0.05) is 11.1 Å². The van der Waals surface area contributed by atoms with Crippen LogP contribution in [0.3, 0.4) is 0 Å². The Bertz CT molecular complexity index is 1390. The lowest BCUT2D eigenvalue weighted by molar-refractivity contribution is -0.141. The lowest BCUT2D eigenvalue weighted by Gasteiger charge is -2.13. The van der Waals surface area contributed by atoms with Crippen molar-refractivity contribution in [2.24, 2.45) is 0 Å². The molecule has 0 atom stereocenters. The molecule has 0 aliphatic carbocycles. The Morgan fingerprint density at radius 2 is 1.44 bits per heavy atom. The Morgan fingerprint density at radius 1 is 0.794 bits per heavy atom. The topological polar surface area (TPSA) is 63.1 Å². The molecule has 0 radical (unpaired) electrons. The number of aryl methyl sites for hydroxylation is 2. The average Bonchev–Trinajstić information content (AvgIpc) is 2.78. The fourth-order valence-corrected chi connectivity index (χ4v) is 3.70. The van der Waals surface area contributed by atoms with Crippen molar-refractivity contribution in [3.05, 3.63) is 94.9 Å². The van der Waals surface area contributed by atoms with Crippen molar-refractivity contribution >= 4 is 5.97 Å². The molecular weight excluding hydrogens is 448 g/mol. The van der Waals surface area contributed by atoms with Gasteiger partial charge in [-0.3, -0.25) is 0 Å². The van der Waals surface area contributed by atoms with E-state index in [1.165, 1.54) is 12.1 Å². The van der Waals surface area contributed by atoms with E-state index >= 15 is 0 Å². The molecule has 1 aromatic heterocycles. The van der Waals surface area contributed by atoms with Crippen molar-refractivity contribution in [1.82, 2.24) is 9.97 Å². The number of carboxylic acid groups (broad SMARTS) is 1. The molecule has 172 valence electrons. The van der Waals surface area contributed by atoms with Crippen LogP contribution in [0.2, 0.25) is 0 Å². The number of hydrogen-bond donors (Lipinski definition) is 1. The van der Waals surface area contributed by atoms with Crippen molar-refractivity contribution in [1.29, 1.82) is 0 Å². The molecule has 34 heavy (non-hydrogen) atoms. The van der Waals surface area contributed by atoms with Crippen molar-refractivity contribution in [3.63, 3.8) is 0 Å². The van der Waals surface area contributed by atoms with Crippen LogP contribution in [0.15, 0.2) is 66.7 Å². The first-order chi connectivity index (χ1) is 16.0. The maximum Gasteiger partial charge on any atom is 0.433 e. The number of halogens is 4. The van der Waals surface area contributed by atoms with Crippen LogP contribution in [0.25, 0.3) is 33.8 Å². The number of rotatable bonds is 4. The van der Waals surface area contributed by atoms with E-state index in [9.17, 15) is 27.5 Å². The van der Waals surface area contributed by atoms with Crippen LogP contribution in [-0.4, -0.2) is 21.0 Å². The van der Waals surface area contributed by atoms with E-state index in [4.69, 9.17) is 0 Å². The van der Waals surface area contributed by atoms with E-state index < -0.39 is 29.2 Å². The second kappa shape index (κ2) is 8.70.